The third kappa shape index (κ3) is 12.5. The molecule has 0 spiro atoms. The van der Waals surface area contributed by atoms with Gasteiger partial charge in [-0.05, 0) is 108 Å². The van der Waals surface area contributed by atoms with Crippen molar-refractivity contribution in [2.75, 3.05) is 59.5 Å². The number of fused-ring (bicyclic) bond motifs is 2. The van der Waals surface area contributed by atoms with E-state index in [9.17, 15) is 30.8 Å². The number of para-hydroxylation sites is 2. The Labute approximate surface area is 441 Å². The lowest BCUT2D eigenvalue weighted by Gasteiger charge is -2.35. The van der Waals surface area contributed by atoms with Crippen molar-refractivity contribution in [3.63, 3.8) is 0 Å². The van der Waals surface area contributed by atoms with E-state index < -0.39 is 25.5 Å². The number of piperazine rings is 2. The summed E-state index contributed by atoms with van der Waals surface area (Å²) in [6.45, 7) is 8.44. The van der Waals surface area contributed by atoms with Gasteiger partial charge in [-0.2, -0.15) is 0 Å². The van der Waals surface area contributed by atoms with E-state index in [4.69, 9.17) is 16.3 Å². The maximum atomic E-state index is 13.8. The highest BCUT2D eigenvalue weighted by atomic mass is 35.5. The van der Waals surface area contributed by atoms with E-state index >= 15 is 0 Å². The van der Waals surface area contributed by atoms with Crippen molar-refractivity contribution in [3.05, 3.63) is 202 Å². The number of hydrogen-bond donors (Lipinski definition) is 0. The van der Waals surface area contributed by atoms with Gasteiger partial charge in [0.15, 0.2) is 19.7 Å². The highest BCUT2D eigenvalue weighted by molar-refractivity contribution is 7.91. The first-order valence-corrected chi connectivity index (χ1v) is 28.1. The highest BCUT2D eigenvalue weighted by Crippen LogP contribution is 2.29. The van der Waals surface area contributed by atoms with Gasteiger partial charge in [-0.15, -0.1) is 0 Å². The minimum Gasteiger partial charge on any atom is -0.496 e. The van der Waals surface area contributed by atoms with Crippen molar-refractivity contribution >= 4 is 64.9 Å². The quantitative estimate of drug-likeness (QED) is 0.108. The molecule has 386 valence electrons. The number of pyridine rings is 3. The van der Waals surface area contributed by atoms with Crippen molar-refractivity contribution in [1.29, 1.82) is 0 Å². The molecule has 10 rings (SSSR count). The zero-order valence-electron chi connectivity index (χ0n) is 41.5. The molecule has 2 aliphatic heterocycles. The number of aromatic nitrogens is 3. The number of methoxy groups -OCH3 is 1. The van der Waals surface area contributed by atoms with Crippen molar-refractivity contribution in [1.82, 2.24) is 34.6 Å². The van der Waals surface area contributed by atoms with Gasteiger partial charge in [0.1, 0.15) is 11.6 Å². The molecule has 3 aromatic heterocycles. The Morgan fingerprint density at radius 2 is 1.13 bits per heavy atom. The molecule has 2 aliphatic rings. The molecule has 2 amide bonds. The zero-order valence-corrected chi connectivity index (χ0v) is 43.9. The van der Waals surface area contributed by atoms with Gasteiger partial charge in [-0.3, -0.25) is 34.3 Å². The van der Waals surface area contributed by atoms with Gasteiger partial charge in [0.25, 0.3) is 11.8 Å². The summed E-state index contributed by atoms with van der Waals surface area (Å²) in [5.74, 6) is -0.661. The molecule has 0 aliphatic carbocycles. The van der Waals surface area contributed by atoms with Crippen LogP contribution in [0.4, 0.5) is 4.39 Å². The maximum absolute atomic E-state index is 13.8. The number of ether oxygens (including phenoxy) is 1. The lowest BCUT2D eigenvalue weighted by molar-refractivity contribution is 0.0620. The van der Waals surface area contributed by atoms with Crippen LogP contribution in [0.15, 0.2) is 162 Å². The molecule has 8 aromatic rings. The molecule has 0 saturated carbocycles. The van der Waals surface area contributed by atoms with E-state index in [2.05, 4.69) is 24.8 Å². The third-order valence-corrected chi connectivity index (χ3v) is 17.2. The first kappa shape index (κ1) is 52.7. The Kier molecular flexibility index (Phi) is 16.3. The van der Waals surface area contributed by atoms with E-state index in [1.807, 2.05) is 54.3 Å². The Morgan fingerprint density at radius 3 is 1.71 bits per heavy atom. The van der Waals surface area contributed by atoms with Crippen molar-refractivity contribution in [2.45, 2.75) is 41.3 Å². The molecule has 5 aromatic carbocycles. The second-order valence-electron chi connectivity index (χ2n) is 18.6. The Bertz CT molecular complexity index is 3600. The summed E-state index contributed by atoms with van der Waals surface area (Å²) in [6.07, 6.45) is 6.75. The fourth-order valence-corrected chi connectivity index (χ4v) is 12.7. The smallest absolute Gasteiger partial charge is 0.257 e. The van der Waals surface area contributed by atoms with Gasteiger partial charge in [0, 0.05) is 107 Å². The van der Waals surface area contributed by atoms with Crippen LogP contribution < -0.4 is 4.74 Å². The molecule has 0 unspecified atom stereocenters. The van der Waals surface area contributed by atoms with E-state index in [-0.39, 0.29) is 38.1 Å². The average molecular weight is 1070 g/mol. The molecule has 2 fully saturated rings. The van der Waals surface area contributed by atoms with E-state index in [0.717, 1.165) is 41.5 Å². The normalized spacial score (nSPS) is 14.6. The standard InChI is InChI=1S/C29H27ClFN3O3S.C28H28N4O4S/c1-20-16-23(29(35)34-14-12-33(13-15-34)18-21-7-10-25(30)26(31)17-21)8-9-24(20)19-38(36,37)27-6-2-4-22-5-3-11-32-28(22)27;1-36-25-18-22(20-37(34,35)26-6-2-4-23-5-3-11-30-27(23)26)7-8-24(25)28(33)32-16-14-31(15-17-32)19-21-9-12-29-13-10-21/h2-11,16-17H,12-15,18-19H2,1H3;2-13,18H,14-17,19-20H2,1H3. The van der Waals surface area contributed by atoms with Gasteiger partial charge in [-0.1, -0.05) is 66.2 Å². The second kappa shape index (κ2) is 23.2. The molecule has 0 N–H and O–H groups in total. The number of rotatable bonds is 13. The van der Waals surface area contributed by atoms with Crippen LogP contribution in [0.3, 0.4) is 0 Å². The van der Waals surface area contributed by atoms with E-state index in [1.54, 1.807) is 109 Å². The molecule has 0 atom stereocenters. The lowest BCUT2D eigenvalue weighted by Crippen LogP contribution is -2.48. The van der Waals surface area contributed by atoms with Crippen LogP contribution in [0, 0.1) is 12.7 Å². The van der Waals surface area contributed by atoms with Crippen molar-refractivity contribution in [3.8, 4) is 5.75 Å². The highest BCUT2D eigenvalue weighted by Gasteiger charge is 2.28. The number of carbonyl (C=O) groups excluding carboxylic acids is 2. The maximum Gasteiger partial charge on any atom is 0.257 e. The van der Waals surface area contributed by atoms with Gasteiger partial charge in [0.2, 0.25) is 0 Å². The topological polar surface area (TPSA) is 163 Å². The van der Waals surface area contributed by atoms with E-state index in [0.29, 0.717) is 84.9 Å². The minimum absolute atomic E-state index is 0.0852. The summed E-state index contributed by atoms with van der Waals surface area (Å²) < 4.78 is 72.4. The minimum atomic E-state index is -3.67. The van der Waals surface area contributed by atoms with Crippen LogP contribution in [0.1, 0.15) is 48.5 Å². The number of halogens is 2. The monoisotopic (exact) mass is 1070 g/mol. The van der Waals surface area contributed by atoms with Crippen LogP contribution >= 0.6 is 11.6 Å². The van der Waals surface area contributed by atoms with E-state index in [1.165, 1.54) is 18.7 Å². The molecule has 75 heavy (non-hydrogen) atoms. The summed E-state index contributed by atoms with van der Waals surface area (Å²) in [6, 6.07) is 36.5. The van der Waals surface area contributed by atoms with Crippen LogP contribution in [0.25, 0.3) is 21.8 Å². The fourth-order valence-electron chi connectivity index (χ4n) is 9.44. The molecule has 2 saturated heterocycles. The fraction of sp³-hybridized carbons (Fsp3) is 0.246. The first-order chi connectivity index (χ1) is 36.2. The van der Waals surface area contributed by atoms with Gasteiger partial charge in [0.05, 0.1) is 50.0 Å². The first-order valence-electron chi connectivity index (χ1n) is 24.4. The van der Waals surface area contributed by atoms with Crippen molar-refractivity contribution < 1.29 is 35.6 Å². The number of nitrogens with zero attached hydrogens (tertiary/aromatic N) is 7. The average Bonchev–Trinajstić information content (AvgIpc) is 3.42. The van der Waals surface area contributed by atoms with Crippen LogP contribution in [0.2, 0.25) is 5.02 Å². The number of benzene rings is 5. The molecule has 0 radical (unpaired) electrons. The third-order valence-electron chi connectivity index (χ3n) is 13.5. The Hall–Kier alpha value is -7.15. The number of amides is 2. The summed E-state index contributed by atoms with van der Waals surface area (Å²) in [5.41, 5.74) is 5.84. The summed E-state index contributed by atoms with van der Waals surface area (Å²) in [7, 11) is -5.83. The lowest BCUT2D eigenvalue weighted by atomic mass is 10.1. The Morgan fingerprint density at radius 1 is 0.587 bits per heavy atom. The largest absolute Gasteiger partial charge is 0.496 e. The summed E-state index contributed by atoms with van der Waals surface area (Å²) >= 11 is 5.77. The SMILES string of the molecule is COc1cc(CS(=O)(=O)c2cccc3cccnc23)ccc1C(=O)N1CCN(Cc2ccncc2)CC1.Cc1cc(C(=O)N2CCN(Cc3ccc(Cl)c(F)c3)CC2)ccc1CS(=O)(=O)c1cccc2cccnc12. The predicted molar refractivity (Wildman–Crippen MR) is 287 cm³/mol. The second-order valence-corrected chi connectivity index (χ2v) is 22.9. The molecular formula is C57H55ClFN7O7S2. The van der Waals surface area contributed by atoms with Gasteiger partial charge in [-0.25, -0.2) is 21.2 Å². The number of hydrogen-bond acceptors (Lipinski definition) is 12. The number of aryl methyl sites for hydroxylation is 1. The zero-order chi connectivity index (χ0) is 52.7. The van der Waals surface area contributed by atoms with Gasteiger partial charge >= 0.3 is 0 Å². The predicted octanol–water partition coefficient (Wildman–Crippen LogP) is 8.84. The Balaban J connectivity index is 0.000000184. The summed E-state index contributed by atoms with van der Waals surface area (Å²) in [4.78, 5) is 47.6. The number of sulfone groups is 2. The molecule has 14 nitrogen and oxygen atoms in total. The van der Waals surface area contributed by atoms with Crippen LogP contribution in [-0.2, 0) is 44.3 Å². The van der Waals surface area contributed by atoms with Gasteiger partial charge < -0.3 is 14.5 Å². The molecular weight excluding hydrogens is 1010 g/mol. The van der Waals surface area contributed by atoms with Crippen molar-refractivity contribution in [2.24, 2.45) is 0 Å². The number of carbonyl (C=O) groups is 2. The van der Waals surface area contributed by atoms with Crippen LogP contribution in [0.5, 0.6) is 5.75 Å². The summed E-state index contributed by atoms with van der Waals surface area (Å²) in [5, 5.41) is 1.64. The molecule has 0 bridgehead atoms. The molecule has 18 heteroatoms. The van der Waals surface area contributed by atoms with Crippen LogP contribution in [-0.4, -0.2) is 123 Å². The molecule has 5 heterocycles.